The second-order valence-corrected chi connectivity index (χ2v) is 11.4. The maximum absolute atomic E-state index is 4.19. The van der Waals surface area contributed by atoms with Gasteiger partial charge < -0.3 is 0 Å². The highest BCUT2D eigenvalue weighted by Gasteiger charge is 2.40. The number of fused-ring (bicyclic) bond motifs is 1. The zero-order valence-corrected chi connectivity index (χ0v) is 18.9. The quantitative estimate of drug-likeness (QED) is 0.252. The molecular weight excluding hydrogens is 432 g/mol. The molecule has 0 nitrogen and oxygen atoms in total. The van der Waals surface area contributed by atoms with E-state index in [4.69, 9.17) is 0 Å². The van der Waals surface area contributed by atoms with Crippen molar-refractivity contribution in [2.24, 2.45) is 0 Å². The fourth-order valence-electron chi connectivity index (χ4n) is 3.93. The van der Waals surface area contributed by atoms with E-state index in [1.807, 2.05) is 23.1 Å². The van der Waals surface area contributed by atoms with E-state index in [0.29, 0.717) is 0 Å². The van der Waals surface area contributed by atoms with Crippen molar-refractivity contribution >= 4 is 54.7 Å². The van der Waals surface area contributed by atoms with Crippen molar-refractivity contribution in [3.63, 3.8) is 0 Å². The molecule has 1 aliphatic rings. The first-order valence-corrected chi connectivity index (χ1v) is 12.3. The molecule has 1 aromatic heterocycles. The van der Waals surface area contributed by atoms with Gasteiger partial charge in [-0.25, -0.2) is 0 Å². The zero-order chi connectivity index (χ0) is 18.7. The minimum atomic E-state index is -0.0622. The van der Waals surface area contributed by atoms with Crippen molar-refractivity contribution in [1.29, 1.82) is 0 Å². The van der Waals surface area contributed by atoms with E-state index in [2.05, 4.69) is 82.8 Å². The van der Waals surface area contributed by atoms with Crippen LogP contribution in [-0.4, -0.2) is 0 Å². The number of hydrogen-bond donors (Lipinski definition) is 0. The van der Waals surface area contributed by atoms with Crippen LogP contribution in [0.1, 0.15) is 55.9 Å². The lowest BCUT2D eigenvalue weighted by Gasteiger charge is -2.24. The first-order chi connectivity index (χ1) is 13.2. The lowest BCUT2D eigenvalue weighted by atomic mass is 9.95. The van der Waals surface area contributed by atoms with Gasteiger partial charge >= 0.3 is 0 Å². The zero-order valence-electron chi connectivity index (χ0n) is 15.7. The van der Waals surface area contributed by atoms with Gasteiger partial charge in [-0.05, 0) is 47.0 Å². The van der Waals surface area contributed by atoms with Crippen LogP contribution in [0, 0.1) is 0 Å². The highest BCUT2D eigenvalue weighted by atomic mass is 79.9. The molecule has 0 bridgehead atoms. The molecule has 1 atom stereocenters. The number of hydrogen-bond acceptors (Lipinski definition) is 2. The van der Waals surface area contributed by atoms with E-state index >= 15 is 0 Å². The van der Waals surface area contributed by atoms with Crippen LogP contribution in [0.25, 0.3) is 15.7 Å². The van der Waals surface area contributed by atoms with E-state index in [1.54, 1.807) is 5.57 Å². The fraction of sp³-hybridized carbons (Fsp3) is 0.333. The average molecular weight is 458 g/mol. The predicted molar refractivity (Wildman–Crippen MR) is 127 cm³/mol. The van der Waals surface area contributed by atoms with Gasteiger partial charge in [-0.2, -0.15) is 0 Å². The molecule has 1 unspecified atom stereocenters. The van der Waals surface area contributed by atoms with Crippen molar-refractivity contribution < 1.29 is 0 Å². The van der Waals surface area contributed by atoms with Gasteiger partial charge in [-0.3, -0.25) is 0 Å². The maximum atomic E-state index is 4.19. The van der Waals surface area contributed by atoms with Crippen LogP contribution in [0.15, 0.2) is 65.6 Å². The monoisotopic (exact) mass is 456 g/mol. The van der Waals surface area contributed by atoms with Crippen molar-refractivity contribution in [3.05, 3.63) is 76.0 Å². The molecule has 0 saturated carbocycles. The second kappa shape index (κ2) is 8.55. The van der Waals surface area contributed by atoms with Gasteiger partial charge in [0.2, 0.25) is 0 Å². The molecule has 0 saturated heterocycles. The molecule has 27 heavy (non-hydrogen) atoms. The van der Waals surface area contributed by atoms with Crippen molar-refractivity contribution in [3.8, 4) is 0 Å². The summed E-state index contributed by atoms with van der Waals surface area (Å²) in [7, 11) is 0. The molecule has 3 aromatic rings. The number of thioether (sulfide) groups is 1. The fourth-order valence-corrected chi connectivity index (χ4v) is 7.42. The van der Waals surface area contributed by atoms with E-state index in [9.17, 15) is 0 Å². The first kappa shape index (κ1) is 19.3. The minimum Gasteiger partial charge on any atom is -0.143 e. The van der Waals surface area contributed by atoms with Gasteiger partial charge in [-0.15, -0.1) is 23.1 Å². The van der Waals surface area contributed by atoms with E-state index in [1.165, 1.54) is 58.2 Å². The van der Waals surface area contributed by atoms with Crippen LogP contribution in [-0.2, 0) is 3.66 Å². The largest absolute Gasteiger partial charge is 0.143 e. The van der Waals surface area contributed by atoms with Crippen LogP contribution in [0.3, 0.4) is 0 Å². The Hall–Kier alpha value is -1.03. The van der Waals surface area contributed by atoms with E-state index in [-0.39, 0.29) is 3.66 Å². The average Bonchev–Trinajstić information content (AvgIpc) is 3.33. The normalized spacial score (nSPS) is 19.9. The summed E-state index contributed by atoms with van der Waals surface area (Å²) in [5, 5.41) is 4.88. The lowest BCUT2D eigenvalue weighted by molar-refractivity contribution is 0.654. The van der Waals surface area contributed by atoms with Gasteiger partial charge in [0.05, 0.1) is 0 Å². The Balaban J connectivity index is 1.67. The van der Waals surface area contributed by atoms with Gasteiger partial charge in [0, 0.05) is 9.78 Å². The van der Waals surface area contributed by atoms with Crippen molar-refractivity contribution in [2.75, 3.05) is 0 Å². The second-order valence-electron chi connectivity index (χ2n) is 7.25. The Bertz CT molecular complexity index is 937. The molecule has 4 rings (SSSR count). The Morgan fingerprint density at radius 1 is 0.963 bits per heavy atom. The molecule has 0 fully saturated rings. The molecule has 2 aromatic carbocycles. The summed E-state index contributed by atoms with van der Waals surface area (Å²) in [6, 6.07) is 19.9. The summed E-state index contributed by atoms with van der Waals surface area (Å²) in [6.45, 7) is 2.28. The third-order valence-electron chi connectivity index (χ3n) is 5.29. The number of alkyl halides is 1. The number of unbranched alkanes of at least 4 members (excludes halogenated alkanes) is 3. The Morgan fingerprint density at radius 2 is 1.81 bits per heavy atom. The van der Waals surface area contributed by atoms with Crippen LogP contribution in [0.2, 0.25) is 0 Å². The van der Waals surface area contributed by atoms with E-state index < -0.39 is 0 Å². The topological polar surface area (TPSA) is 0 Å². The summed E-state index contributed by atoms with van der Waals surface area (Å²) in [5.41, 5.74) is 3.03. The molecule has 0 aliphatic carbocycles. The molecule has 0 spiro atoms. The minimum absolute atomic E-state index is 0.0622. The molecule has 140 valence electrons. The molecule has 1 aliphatic heterocycles. The van der Waals surface area contributed by atoms with Crippen LogP contribution in [0.5, 0.6) is 0 Å². The Kier molecular flexibility index (Phi) is 6.11. The van der Waals surface area contributed by atoms with Gasteiger partial charge in [0.25, 0.3) is 0 Å². The first-order valence-electron chi connectivity index (χ1n) is 9.83. The summed E-state index contributed by atoms with van der Waals surface area (Å²) in [4.78, 5) is 2.93. The summed E-state index contributed by atoms with van der Waals surface area (Å²) < 4.78 is -0.0622. The lowest BCUT2D eigenvalue weighted by Crippen LogP contribution is -2.10. The molecular formula is C24H25BrS2. The number of allylic oxidation sites excluding steroid dienone is 1. The highest BCUT2D eigenvalue weighted by molar-refractivity contribution is 9.11. The number of benzene rings is 2. The number of thiophene rings is 1. The SMILES string of the molecule is CCCCCCC1=C(c2cccs2)SC(Br)(c2cccc3ccccc23)C1. The molecule has 0 N–H and O–H groups in total. The Labute approximate surface area is 179 Å². The van der Waals surface area contributed by atoms with Gasteiger partial charge in [-0.1, -0.05) is 96.2 Å². The number of rotatable bonds is 7. The standard InChI is InChI=1S/C24H25BrS2/c1-2-3-4-5-11-19-17-24(25,27-23(19)22-15-9-16-26-22)21-14-8-12-18-10-6-7-13-20(18)21/h6-10,12-16H,2-5,11,17H2,1H3. The third kappa shape index (κ3) is 4.06. The summed E-state index contributed by atoms with van der Waals surface area (Å²) in [5.74, 6) is 0. The van der Waals surface area contributed by atoms with Crippen molar-refractivity contribution in [1.82, 2.24) is 0 Å². The summed E-state index contributed by atoms with van der Waals surface area (Å²) in [6.07, 6.45) is 7.59. The molecule has 2 heterocycles. The number of halogens is 1. The maximum Gasteiger partial charge on any atom is 0.105 e. The Morgan fingerprint density at radius 3 is 2.63 bits per heavy atom. The molecule has 3 heteroatoms. The van der Waals surface area contributed by atoms with Crippen LogP contribution in [0.4, 0.5) is 0 Å². The summed E-state index contributed by atoms with van der Waals surface area (Å²) >= 11 is 8.08. The molecule has 0 amide bonds. The third-order valence-corrected chi connectivity index (χ3v) is 8.90. The highest BCUT2D eigenvalue weighted by Crippen LogP contribution is 2.62. The molecule has 0 radical (unpaired) electrons. The van der Waals surface area contributed by atoms with E-state index in [0.717, 1.165) is 6.42 Å². The van der Waals surface area contributed by atoms with Crippen molar-refractivity contribution in [2.45, 2.75) is 49.1 Å². The predicted octanol–water partition coefficient (Wildman–Crippen LogP) is 8.97. The van der Waals surface area contributed by atoms with Crippen LogP contribution < -0.4 is 0 Å². The van der Waals surface area contributed by atoms with Gasteiger partial charge in [0.15, 0.2) is 0 Å². The van der Waals surface area contributed by atoms with Crippen LogP contribution >= 0.6 is 39.0 Å². The van der Waals surface area contributed by atoms with Gasteiger partial charge in [0.1, 0.15) is 3.66 Å². The smallest absolute Gasteiger partial charge is 0.105 e.